The zero-order valence-electron chi connectivity index (χ0n) is 12.5. The van der Waals surface area contributed by atoms with Gasteiger partial charge in [0, 0.05) is 31.5 Å². The van der Waals surface area contributed by atoms with Gasteiger partial charge in [0.15, 0.2) is 5.79 Å². The van der Waals surface area contributed by atoms with Crippen LogP contribution in [0.4, 0.5) is 0 Å². The van der Waals surface area contributed by atoms with Crippen molar-refractivity contribution in [3.8, 4) is 5.75 Å². The van der Waals surface area contributed by atoms with Gasteiger partial charge in [-0.3, -0.25) is 0 Å². The highest BCUT2D eigenvalue weighted by atomic mass is 16.7. The molecule has 2 fully saturated rings. The molecule has 1 aliphatic heterocycles. The molecule has 0 bridgehead atoms. The lowest BCUT2D eigenvalue weighted by atomic mass is 9.86. The molecule has 0 aromatic heterocycles. The molecule has 1 saturated heterocycles. The average Bonchev–Trinajstić information content (AvgIpc) is 2.95. The van der Waals surface area contributed by atoms with E-state index in [1.165, 1.54) is 5.56 Å². The topological polar surface area (TPSA) is 65.7 Å². The molecule has 1 heterocycles. The first kappa shape index (κ1) is 14.8. The van der Waals surface area contributed by atoms with Crippen LogP contribution in [0.3, 0.4) is 0 Å². The van der Waals surface area contributed by atoms with Crippen molar-refractivity contribution in [3.63, 3.8) is 0 Å². The van der Waals surface area contributed by atoms with Gasteiger partial charge in [-0.15, -0.1) is 0 Å². The summed E-state index contributed by atoms with van der Waals surface area (Å²) in [5.41, 5.74) is 7.53. The van der Waals surface area contributed by atoms with Crippen LogP contribution < -0.4 is 15.8 Å². The Morgan fingerprint density at radius 2 is 2.00 bits per heavy atom. The number of nitrogens with one attached hydrogen (secondary N) is 1. The van der Waals surface area contributed by atoms with Crippen LogP contribution in [-0.2, 0) is 16.0 Å². The van der Waals surface area contributed by atoms with Crippen molar-refractivity contribution in [3.05, 3.63) is 29.8 Å². The van der Waals surface area contributed by atoms with E-state index < -0.39 is 5.79 Å². The van der Waals surface area contributed by atoms with Crippen molar-refractivity contribution in [1.82, 2.24) is 5.32 Å². The number of hydrogen-bond donors (Lipinski definition) is 2. The molecule has 21 heavy (non-hydrogen) atoms. The van der Waals surface area contributed by atoms with Crippen molar-refractivity contribution < 1.29 is 14.2 Å². The Kier molecular flexibility index (Phi) is 4.45. The third kappa shape index (κ3) is 3.37. The SMILES string of the molecule is COc1ccc(CNC2CCC3(CC2N)OCCO3)cc1. The summed E-state index contributed by atoms with van der Waals surface area (Å²) >= 11 is 0. The molecule has 1 aromatic carbocycles. The van der Waals surface area contributed by atoms with E-state index >= 15 is 0 Å². The minimum Gasteiger partial charge on any atom is -0.497 e. The van der Waals surface area contributed by atoms with Crippen molar-refractivity contribution in [1.29, 1.82) is 0 Å². The molecule has 3 N–H and O–H groups in total. The van der Waals surface area contributed by atoms with Gasteiger partial charge in [-0.1, -0.05) is 12.1 Å². The van der Waals surface area contributed by atoms with Crippen LogP contribution in [0.5, 0.6) is 5.75 Å². The van der Waals surface area contributed by atoms with Crippen molar-refractivity contribution in [2.45, 2.75) is 43.7 Å². The first-order chi connectivity index (χ1) is 10.2. The second-order valence-electron chi connectivity index (χ2n) is 5.85. The van der Waals surface area contributed by atoms with Gasteiger partial charge in [-0.05, 0) is 24.1 Å². The first-order valence-corrected chi connectivity index (χ1v) is 7.61. The summed E-state index contributed by atoms with van der Waals surface area (Å²) in [6.07, 6.45) is 2.67. The second-order valence-corrected chi connectivity index (χ2v) is 5.85. The smallest absolute Gasteiger partial charge is 0.170 e. The van der Waals surface area contributed by atoms with Gasteiger partial charge >= 0.3 is 0 Å². The largest absolute Gasteiger partial charge is 0.497 e. The maximum Gasteiger partial charge on any atom is 0.170 e. The summed E-state index contributed by atoms with van der Waals surface area (Å²) in [5.74, 6) is 0.475. The third-order valence-corrected chi connectivity index (χ3v) is 4.44. The lowest BCUT2D eigenvalue weighted by Crippen LogP contribution is -2.54. The monoisotopic (exact) mass is 292 g/mol. The van der Waals surface area contributed by atoms with E-state index in [0.717, 1.165) is 31.6 Å². The molecule has 1 saturated carbocycles. The standard InChI is InChI=1S/C16H24N2O3/c1-19-13-4-2-12(3-5-13)11-18-15-6-7-16(10-14(15)17)20-8-9-21-16/h2-5,14-15,18H,6-11,17H2,1H3. The summed E-state index contributed by atoms with van der Waals surface area (Å²) in [6.45, 7) is 2.20. The highest BCUT2D eigenvalue weighted by molar-refractivity contribution is 5.27. The van der Waals surface area contributed by atoms with Gasteiger partial charge in [0.2, 0.25) is 0 Å². The lowest BCUT2D eigenvalue weighted by molar-refractivity contribution is -0.183. The fraction of sp³-hybridized carbons (Fsp3) is 0.625. The van der Waals surface area contributed by atoms with Crippen LogP contribution in [0.2, 0.25) is 0 Å². The van der Waals surface area contributed by atoms with Crippen LogP contribution >= 0.6 is 0 Å². The zero-order chi connectivity index (χ0) is 14.7. The van der Waals surface area contributed by atoms with E-state index in [2.05, 4.69) is 17.4 Å². The van der Waals surface area contributed by atoms with Crippen LogP contribution in [0.15, 0.2) is 24.3 Å². The number of nitrogens with two attached hydrogens (primary N) is 1. The number of hydrogen-bond acceptors (Lipinski definition) is 5. The summed E-state index contributed by atoms with van der Waals surface area (Å²) in [4.78, 5) is 0. The minimum atomic E-state index is -0.405. The Hall–Kier alpha value is -1.14. The Bertz CT molecular complexity index is 457. The molecule has 2 aliphatic rings. The van der Waals surface area contributed by atoms with Gasteiger partial charge in [-0.25, -0.2) is 0 Å². The fourth-order valence-electron chi connectivity index (χ4n) is 3.20. The molecule has 2 unspecified atom stereocenters. The van der Waals surface area contributed by atoms with Crippen LogP contribution in [-0.4, -0.2) is 38.2 Å². The summed E-state index contributed by atoms with van der Waals surface area (Å²) < 4.78 is 16.7. The van der Waals surface area contributed by atoms with Crippen LogP contribution in [0.1, 0.15) is 24.8 Å². The van der Waals surface area contributed by atoms with E-state index in [1.807, 2.05) is 12.1 Å². The Balaban J connectivity index is 1.51. The van der Waals surface area contributed by atoms with Crippen LogP contribution in [0, 0.1) is 0 Å². The Labute approximate surface area is 125 Å². The molecular weight excluding hydrogens is 268 g/mol. The molecule has 5 heteroatoms. The highest BCUT2D eigenvalue weighted by Crippen LogP contribution is 2.35. The van der Waals surface area contributed by atoms with E-state index in [1.54, 1.807) is 7.11 Å². The molecule has 2 atom stereocenters. The number of rotatable bonds is 4. The predicted octanol–water partition coefficient (Wildman–Crippen LogP) is 1.41. The molecular formula is C16H24N2O3. The van der Waals surface area contributed by atoms with E-state index in [0.29, 0.717) is 19.3 Å². The van der Waals surface area contributed by atoms with Gasteiger partial charge in [0.05, 0.1) is 20.3 Å². The number of methoxy groups -OCH3 is 1. The van der Waals surface area contributed by atoms with Crippen molar-refractivity contribution in [2.24, 2.45) is 5.73 Å². The first-order valence-electron chi connectivity index (χ1n) is 7.61. The van der Waals surface area contributed by atoms with E-state index in [4.69, 9.17) is 19.9 Å². The van der Waals surface area contributed by atoms with Gasteiger partial charge < -0.3 is 25.3 Å². The minimum absolute atomic E-state index is 0.0649. The van der Waals surface area contributed by atoms with Gasteiger partial charge in [0.1, 0.15) is 5.75 Å². The maximum atomic E-state index is 6.30. The quantitative estimate of drug-likeness (QED) is 0.878. The summed E-state index contributed by atoms with van der Waals surface area (Å²) in [5, 5.41) is 3.55. The number of ether oxygens (including phenoxy) is 3. The van der Waals surface area contributed by atoms with E-state index in [9.17, 15) is 0 Å². The normalized spacial score (nSPS) is 27.9. The molecule has 116 valence electrons. The van der Waals surface area contributed by atoms with Gasteiger partial charge in [-0.2, -0.15) is 0 Å². The molecule has 1 aromatic rings. The molecule has 5 nitrogen and oxygen atoms in total. The maximum absolute atomic E-state index is 6.30. The van der Waals surface area contributed by atoms with Gasteiger partial charge in [0.25, 0.3) is 0 Å². The van der Waals surface area contributed by atoms with Crippen LogP contribution in [0.25, 0.3) is 0 Å². The third-order valence-electron chi connectivity index (χ3n) is 4.44. The van der Waals surface area contributed by atoms with Crippen molar-refractivity contribution >= 4 is 0 Å². The lowest BCUT2D eigenvalue weighted by Gasteiger charge is -2.39. The zero-order valence-corrected chi connectivity index (χ0v) is 12.5. The predicted molar refractivity (Wildman–Crippen MR) is 80.1 cm³/mol. The van der Waals surface area contributed by atoms with E-state index in [-0.39, 0.29) is 6.04 Å². The summed E-state index contributed by atoms with van der Waals surface area (Å²) in [6, 6.07) is 8.48. The molecule has 0 radical (unpaired) electrons. The van der Waals surface area contributed by atoms with Crippen molar-refractivity contribution in [2.75, 3.05) is 20.3 Å². The summed E-state index contributed by atoms with van der Waals surface area (Å²) in [7, 11) is 1.68. The molecule has 1 spiro atoms. The second kappa shape index (κ2) is 6.32. The molecule has 0 amide bonds. The highest BCUT2D eigenvalue weighted by Gasteiger charge is 2.43. The Morgan fingerprint density at radius 1 is 1.29 bits per heavy atom. The molecule has 3 rings (SSSR count). The fourth-order valence-corrected chi connectivity index (χ4v) is 3.20. The molecule has 1 aliphatic carbocycles. The number of benzene rings is 1. The average molecular weight is 292 g/mol. The Morgan fingerprint density at radius 3 is 2.62 bits per heavy atom.